The summed E-state index contributed by atoms with van der Waals surface area (Å²) in [7, 11) is 0. The summed E-state index contributed by atoms with van der Waals surface area (Å²) >= 11 is 0. The van der Waals surface area contributed by atoms with Gasteiger partial charge in [-0.05, 0) is 0 Å². The van der Waals surface area contributed by atoms with Crippen LogP contribution in [0.3, 0.4) is 0 Å². The van der Waals surface area contributed by atoms with Crippen molar-refractivity contribution >= 4 is 5.97 Å². The van der Waals surface area contributed by atoms with Gasteiger partial charge in [0.05, 0.1) is 12.7 Å². The van der Waals surface area contributed by atoms with E-state index in [2.05, 4.69) is 0 Å². The number of hydrogen-bond donors (Lipinski definition) is 0. The van der Waals surface area contributed by atoms with Gasteiger partial charge in [0, 0.05) is 19.3 Å². The Hall–Kier alpha value is -0.610. The van der Waals surface area contributed by atoms with E-state index in [1.165, 1.54) is 6.92 Å². The molecule has 0 spiro atoms. The van der Waals surface area contributed by atoms with Gasteiger partial charge in [0.1, 0.15) is 6.10 Å². The highest BCUT2D eigenvalue weighted by atomic mass is 16.7. The molecule has 0 aliphatic carbocycles. The average Bonchev–Trinajstić information content (AvgIpc) is 2.44. The topological polar surface area (TPSA) is 44.8 Å². The molecule has 74 valence electrons. The summed E-state index contributed by atoms with van der Waals surface area (Å²) in [5.41, 5.74) is 0. The van der Waals surface area contributed by atoms with E-state index in [-0.39, 0.29) is 30.4 Å². The Kier molecular flexibility index (Phi) is 2.26. The fourth-order valence-electron chi connectivity index (χ4n) is 1.89. The Balaban J connectivity index is 2.00. The number of ether oxygens (including phenoxy) is 3. The lowest BCUT2D eigenvalue weighted by Gasteiger charge is -2.31. The zero-order chi connectivity index (χ0) is 9.42. The Morgan fingerprint density at radius 2 is 2.31 bits per heavy atom. The van der Waals surface area contributed by atoms with Crippen LogP contribution in [0.1, 0.15) is 20.3 Å². The molecule has 0 amide bonds. The third kappa shape index (κ3) is 1.69. The van der Waals surface area contributed by atoms with Crippen LogP contribution in [0.25, 0.3) is 0 Å². The van der Waals surface area contributed by atoms with E-state index in [4.69, 9.17) is 14.2 Å². The van der Waals surface area contributed by atoms with Gasteiger partial charge in [-0.2, -0.15) is 0 Å². The van der Waals surface area contributed by atoms with Crippen molar-refractivity contribution in [3.63, 3.8) is 0 Å². The van der Waals surface area contributed by atoms with Crippen molar-refractivity contribution in [3.8, 4) is 0 Å². The molecule has 4 heteroatoms. The number of rotatable bonds is 1. The summed E-state index contributed by atoms with van der Waals surface area (Å²) in [5, 5.41) is 0. The summed E-state index contributed by atoms with van der Waals surface area (Å²) in [5.74, 6) is 0.0146. The zero-order valence-electron chi connectivity index (χ0n) is 7.86. The van der Waals surface area contributed by atoms with E-state index in [1.807, 2.05) is 6.92 Å². The maximum atomic E-state index is 10.8. The van der Waals surface area contributed by atoms with Crippen LogP contribution in [0.2, 0.25) is 0 Å². The van der Waals surface area contributed by atoms with Crippen molar-refractivity contribution in [1.82, 2.24) is 0 Å². The van der Waals surface area contributed by atoms with Crippen molar-refractivity contribution in [1.29, 1.82) is 0 Å². The molecule has 0 aromatic rings. The zero-order valence-corrected chi connectivity index (χ0v) is 7.86. The number of carbonyl (C=O) groups is 1. The molecular formula is C9H14O4. The highest BCUT2D eigenvalue weighted by Crippen LogP contribution is 2.33. The van der Waals surface area contributed by atoms with Gasteiger partial charge in [0.2, 0.25) is 0 Å². The molecule has 2 aliphatic heterocycles. The smallest absolute Gasteiger partial charge is 0.302 e. The predicted molar refractivity (Wildman–Crippen MR) is 43.9 cm³/mol. The Morgan fingerprint density at radius 1 is 1.54 bits per heavy atom. The van der Waals surface area contributed by atoms with Crippen LogP contribution in [-0.4, -0.2) is 31.1 Å². The molecule has 2 aliphatic rings. The highest BCUT2D eigenvalue weighted by molar-refractivity contribution is 5.66. The lowest BCUT2D eigenvalue weighted by atomic mass is 9.94. The van der Waals surface area contributed by atoms with E-state index < -0.39 is 0 Å². The number of fused-ring (bicyclic) bond motifs is 2. The lowest BCUT2D eigenvalue weighted by Crippen LogP contribution is -2.40. The van der Waals surface area contributed by atoms with Crippen LogP contribution in [0.5, 0.6) is 0 Å². The molecule has 2 saturated heterocycles. The minimum atomic E-state index is -0.224. The largest absolute Gasteiger partial charge is 0.462 e. The molecule has 0 unspecified atom stereocenters. The van der Waals surface area contributed by atoms with Gasteiger partial charge in [0.25, 0.3) is 0 Å². The number of carbonyl (C=O) groups excluding carboxylic acids is 1. The van der Waals surface area contributed by atoms with Gasteiger partial charge >= 0.3 is 5.97 Å². The van der Waals surface area contributed by atoms with Crippen LogP contribution >= 0.6 is 0 Å². The molecule has 2 fully saturated rings. The second kappa shape index (κ2) is 3.27. The van der Waals surface area contributed by atoms with Crippen molar-refractivity contribution in [2.24, 2.45) is 5.92 Å². The first-order chi connectivity index (χ1) is 6.16. The van der Waals surface area contributed by atoms with Crippen LogP contribution < -0.4 is 0 Å². The molecule has 13 heavy (non-hydrogen) atoms. The third-order valence-corrected chi connectivity index (χ3v) is 2.69. The van der Waals surface area contributed by atoms with Gasteiger partial charge < -0.3 is 14.2 Å². The predicted octanol–water partition coefficient (Wildman–Crippen LogP) is 0.699. The van der Waals surface area contributed by atoms with Crippen molar-refractivity contribution < 1.29 is 19.0 Å². The highest BCUT2D eigenvalue weighted by Gasteiger charge is 2.43. The minimum absolute atomic E-state index is 0.0382. The second-order valence-corrected chi connectivity index (χ2v) is 3.68. The Morgan fingerprint density at radius 3 is 3.00 bits per heavy atom. The number of esters is 1. The van der Waals surface area contributed by atoms with Crippen LogP contribution in [0.15, 0.2) is 0 Å². The van der Waals surface area contributed by atoms with Crippen molar-refractivity contribution in [2.75, 3.05) is 6.61 Å². The van der Waals surface area contributed by atoms with E-state index in [0.29, 0.717) is 13.0 Å². The third-order valence-electron chi connectivity index (χ3n) is 2.69. The normalized spacial score (nSPS) is 43.2. The van der Waals surface area contributed by atoms with Crippen molar-refractivity contribution in [2.45, 2.75) is 38.8 Å². The SMILES string of the molecule is CC(=O)O[C@@H]1C[C@@H]2OC[C@@H](O2)[C@H]1C. The van der Waals surface area contributed by atoms with Gasteiger partial charge in [-0.25, -0.2) is 0 Å². The maximum absolute atomic E-state index is 10.8. The average molecular weight is 186 g/mol. The summed E-state index contributed by atoms with van der Waals surface area (Å²) in [6.07, 6.45) is 0.564. The molecule has 0 radical (unpaired) electrons. The van der Waals surface area contributed by atoms with E-state index in [1.54, 1.807) is 0 Å². The maximum Gasteiger partial charge on any atom is 0.302 e. The van der Waals surface area contributed by atoms with E-state index in [0.717, 1.165) is 0 Å². The van der Waals surface area contributed by atoms with Crippen LogP contribution in [0, 0.1) is 5.92 Å². The quantitative estimate of drug-likeness (QED) is 0.565. The summed E-state index contributed by atoms with van der Waals surface area (Å²) in [4.78, 5) is 10.8. The molecule has 2 bridgehead atoms. The minimum Gasteiger partial charge on any atom is -0.462 e. The van der Waals surface area contributed by atoms with Gasteiger partial charge in [-0.3, -0.25) is 4.79 Å². The first-order valence-corrected chi connectivity index (χ1v) is 4.61. The molecule has 0 aromatic carbocycles. The number of hydrogen-bond acceptors (Lipinski definition) is 4. The summed E-state index contributed by atoms with van der Waals surface area (Å²) in [6.45, 7) is 4.09. The molecule has 4 atom stereocenters. The Bertz CT molecular complexity index is 216. The van der Waals surface area contributed by atoms with Gasteiger partial charge in [0.15, 0.2) is 6.29 Å². The summed E-state index contributed by atoms with van der Waals surface area (Å²) in [6, 6.07) is 0. The molecule has 4 nitrogen and oxygen atoms in total. The fourth-order valence-corrected chi connectivity index (χ4v) is 1.89. The van der Waals surface area contributed by atoms with Crippen molar-refractivity contribution in [3.05, 3.63) is 0 Å². The second-order valence-electron chi connectivity index (χ2n) is 3.68. The van der Waals surface area contributed by atoms with Crippen LogP contribution in [-0.2, 0) is 19.0 Å². The van der Waals surface area contributed by atoms with E-state index in [9.17, 15) is 4.79 Å². The summed E-state index contributed by atoms with van der Waals surface area (Å²) < 4.78 is 16.0. The first-order valence-electron chi connectivity index (χ1n) is 4.61. The standard InChI is InChI=1S/C9H14O4/c1-5-7(12-6(2)10)3-9-11-4-8(5)13-9/h5,7-9H,3-4H2,1-2H3/t5-,7+,8+,9+/m0/s1. The molecule has 0 saturated carbocycles. The fraction of sp³-hybridized carbons (Fsp3) is 0.889. The molecular weight excluding hydrogens is 172 g/mol. The molecule has 2 rings (SSSR count). The van der Waals surface area contributed by atoms with Gasteiger partial charge in [-0.15, -0.1) is 0 Å². The Labute approximate surface area is 77.1 Å². The molecule has 2 heterocycles. The molecule has 0 N–H and O–H groups in total. The monoisotopic (exact) mass is 186 g/mol. The molecule has 0 aromatic heterocycles. The van der Waals surface area contributed by atoms with Gasteiger partial charge in [-0.1, -0.05) is 6.92 Å². The van der Waals surface area contributed by atoms with E-state index >= 15 is 0 Å². The van der Waals surface area contributed by atoms with Crippen LogP contribution in [0.4, 0.5) is 0 Å². The lowest BCUT2D eigenvalue weighted by molar-refractivity contribution is -0.173. The first kappa shape index (κ1) is 8.97.